The molecule has 1 rings (SSSR count). The molecule has 98 valence electrons. The van der Waals surface area contributed by atoms with Crippen molar-refractivity contribution in [1.82, 2.24) is 4.98 Å². The quantitative estimate of drug-likeness (QED) is 0.843. The Bertz CT molecular complexity index is 477. The van der Waals surface area contributed by atoms with Crippen LogP contribution in [-0.2, 0) is 4.74 Å². The largest absolute Gasteiger partial charge is 0.476 e. The maximum absolute atomic E-state index is 11.5. The number of carboxylic acid groups (broad SMARTS) is 1. The Morgan fingerprint density at radius 1 is 1.33 bits per heavy atom. The molecule has 1 heterocycles. The van der Waals surface area contributed by atoms with Gasteiger partial charge >= 0.3 is 12.1 Å². The monoisotopic (exact) mass is 252 g/mol. The Morgan fingerprint density at radius 2 is 1.94 bits per heavy atom. The van der Waals surface area contributed by atoms with E-state index in [9.17, 15) is 9.59 Å². The van der Waals surface area contributed by atoms with E-state index in [0.717, 1.165) is 0 Å². The van der Waals surface area contributed by atoms with E-state index in [-0.39, 0.29) is 11.4 Å². The number of nitrogens with zero attached hydrogens (tertiary/aromatic N) is 1. The van der Waals surface area contributed by atoms with Crippen molar-refractivity contribution in [2.24, 2.45) is 0 Å². The summed E-state index contributed by atoms with van der Waals surface area (Å²) in [5, 5.41) is 11.4. The number of nitrogens with one attached hydrogen (secondary N) is 1. The van der Waals surface area contributed by atoms with Crippen molar-refractivity contribution in [2.45, 2.75) is 33.3 Å². The van der Waals surface area contributed by atoms with Crippen LogP contribution in [0.25, 0.3) is 0 Å². The van der Waals surface area contributed by atoms with E-state index in [1.54, 1.807) is 33.8 Å². The average Bonchev–Trinajstić information content (AvgIpc) is 2.17. The van der Waals surface area contributed by atoms with Crippen molar-refractivity contribution in [3.05, 3.63) is 23.5 Å². The smallest absolute Gasteiger partial charge is 0.412 e. The molecule has 0 saturated heterocycles. The van der Waals surface area contributed by atoms with Gasteiger partial charge < -0.3 is 9.84 Å². The van der Waals surface area contributed by atoms with Gasteiger partial charge in [-0.25, -0.2) is 14.6 Å². The van der Waals surface area contributed by atoms with Gasteiger partial charge in [-0.1, -0.05) is 0 Å². The summed E-state index contributed by atoms with van der Waals surface area (Å²) >= 11 is 0. The maximum atomic E-state index is 11.5. The fourth-order valence-corrected chi connectivity index (χ4v) is 1.23. The van der Waals surface area contributed by atoms with Gasteiger partial charge in [-0.3, -0.25) is 5.32 Å². The van der Waals surface area contributed by atoms with Gasteiger partial charge in [-0.15, -0.1) is 0 Å². The van der Waals surface area contributed by atoms with Crippen LogP contribution >= 0.6 is 0 Å². The first-order valence-electron chi connectivity index (χ1n) is 5.40. The number of pyridine rings is 1. The Kier molecular flexibility index (Phi) is 3.90. The fraction of sp³-hybridized carbons (Fsp3) is 0.417. The number of ether oxygens (including phenoxy) is 1. The van der Waals surface area contributed by atoms with E-state index in [0.29, 0.717) is 5.69 Å². The van der Waals surface area contributed by atoms with Crippen LogP contribution in [0.5, 0.6) is 0 Å². The average molecular weight is 252 g/mol. The van der Waals surface area contributed by atoms with E-state index in [1.165, 1.54) is 6.07 Å². The van der Waals surface area contributed by atoms with Gasteiger partial charge in [0.15, 0.2) is 5.69 Å². The van der Waals surface area contributed by atoms with Crippen LogP contribution in [0.1, 0.15) is 37.0 Å². The van der Waals surface area contributed by atoms with Crippen LogP contribution in [0, 0.1) is 6.92 Å². The highest BCUT2D eigenvalue weighted by Crippen LogP contribution is 2.16. The zero-order chi connectivity index (χ0) is 13.9. The van der Waals surface area contributed by atoms with E-state index >= 15 is 0 Å². The number of carbonyl (C=O) groups excluding carboxylic acids is 1. The number of hydrogen-bond acceptors (Lipinski definition) is 4. The van der Waals surface area contributed by atoms with Crippen LogP contribution < -0.4 is 5.32 Å². The molecule has 0 spiro atoms. The first-order valence-corrected chi connectivity index (χ1v) is 5.40. The molecule has 6 nitrogen and oxygen atoms in total. The molecule has 0 bridgehead atoms. The van der Waals surface area contributed by atoms with Gasteiger partial charge in [-0.2, -0.15) is 0 Å². The van der Waals surface area contributed by atoms with Gasteiger partial charge in [0.25, 0.3) is 0 Å². The molecule has 0 aliphatic heterocycles. The van der Waals surface area contributed by atoms with E-state index in [1.807, 2.05) is 0 Å². The number of rotatable bonds is 2. The number of aromatic carboxylic acids is 1. The van der Waals surface area contributed by atoms with Crippen molar-refractivity contribution in [3.8, 4) is 0 Å². The molecule has 0 aromatic carbocycles. The molecule has 2 N–H and O–H groups in total. The zero-order valence-corrected chi connectivity index (χ0v) is 10.8. The number of amides is 1. The second-order valence-corrected chi connectivity index (χ2v) is 4.78. The number of carbonyl (C=O) groups is 2. The van der Waals surface area contributed by atoms with Gasteiger partial charge in [0, 0.05) is 5.69 Å². The highest BCUT2D eigenvalue weighted by molar-refractivity contribution is 5.97. The molecular weight excluding hydrogens is 236 g/mol. The molecule has 18 heavy (non-hydrogen) atoms. The molecule has 0 unspecified atom stereocenters. The van der Waals surface area contributed by atoms with Crippen LogP contribution in [0.3, 0.4) is 0 Å². The summed E-state index contributed by atoms with van der Waals surface area (Å²) in [4.78, 5) is 26.4. The normalized spacial score (nSPS) is 10.9. The minimum Gasteiger partial charge on any atom is -0.476 e. The summed E-state index contributed by atoms with van der Waals surface area (Å²) in [6.07, 6.45) is -0.712. The summed E-state index contributed by atoms with van der Waals surface area (Å²) < 4.78 is 5.04. The SMILES string of the molecule is Cc1ccc(NC(=O)OC(C)(C)C)c(C(=O)O)n1. The Morgan fingerprint density at radius 3 is 2.44 bits per heavy atom. The van der Waals surface area contributed by atoms with Crippen LogP contribution in [0.15, 0.2) is 12.1 Å². The fourth-order valence-electron chi connectivity index (χ4n) is 1.23. The predicted octanol–water partition coefficient (Wildman–Crippen LogP) is 2.44. The number of carboxylic acids is 1. The number of aryl methyl sites for hydroxylation is 1. The standard InChI is InChI=1S/C12H16N2O4/c1-7-5-6-8(9(13-7)10(15)16)14-11(17)18-12(2,3)4/h5-6H,1-4H3,(H,14,17)(H,15,16). The van der Waals surface area contributed by atoms with Crippen molar-refractivity contribution in [3.63, 3.8) is 0 Å². The Hall–Kier alpha value is -2.11. The third-order valence-electron chi connectivity index (χ3n) is 1.87. The third-order valence-corrected chi connectivity index (χ3v) is 1.87. The number of hydrogen-bond donors (Lipinski definition) is 2. The first kappa shape index (κ1) is 14.0. The molecule has 0 radical (unpaired) electrons. The lowest BCUT2D eigenvalue weighted by molar-refractivity contribution is 0.0636. The van der Waals surface area contributed by atoms with E-state index < -0.39 is 17.7 Å². The second kappa shape index (κ2) is 5.03. The number of aromatic nitrogens is 1. The molecule has 0 atom stereocenters. The molecule has 1 amide bonds. The second-order valence-electron chi connectivity index (χ2n) is 4.78. The number of anilines is 1. The molecule has 0 saturated carbocycles. The zero-order valence-electron chi connectivity index (χ0n) is 10.8. The van der Waals surface area contributed by atoms with Gasteiger partial charge in [0.05, 0.1) is 5.69 Å². The summed E-state index contributed by atoms with van der Waals surface area (Å²) in [6, 6.07) is 3.09. The lowest BCUT2D eigenvalue weighted by Gasteiger charge is -2.20. The lowest BCUT2D eigenvalue weighted by atomic mass is 10.2. The molecule has 0 fully saturated rings. The molecule has 1 aromatic heterocycles. The molecular formula is C12H16N2O4. The minimum absolute atomic E-state index is 0.113. The van der Waals surface area contributed by atoms with Gasteiger partial charge in [0.1, 0.15) is 5.60 Å². The summed E-state index contributed by atoms with van der Waals surface area (Å²) in [5.74, 6) is -1.20. The highest BCUT2D eigenvalue weighted by atomic mass is 16.6. The van der Waals surface area contributed by atoms with Crippen LogP contribution in [-0.4, -0.2) is 27.8 Å². The molecule has 0 aliphatic carbocycles. The minimum atomic E-state index is -1.20. The topological polar surface area (TPSA) is 88.5 Å². The molecule has 6 heteroatoms. The molecule has 0 aliphatic rings. The van der Waals surface area contributed by atoms with Crippen molar-refractivity contribution >= 4 is 17.7 Å². The van der Waals surface area contributed by atoms with Gasteiger partial charge in [0.2, 0.25) is 0 Å². The Balaban J connectivity index is 2.91. The third kappa shape index (κ3) is 4.04. The van der Waals surface area contributed by atoms with Crippen molar-refractivity contribution in [2.75, 3.05) is 5.32 Å². The highest BCUT2D eigenvalue weighted by Gasteiger charge is 2.19. The molecule has 1 aromatic rings. The van der Waals surface area contributed by atoms with Crippen molar-refractivity contribution in [1.29, 1.82) is 0 Å². The Labute approximate surface area is 105 Å². The van der Waals surface area contributed by atoms with E-state index in [2.05, 4.69) is 10.3 Å². The van der Waals surface area contributed by atoms with Crippen LogP contribution in [0.2, 0.25) is 0 Å². The summed E-state index contributed by atoms with van der Waals surface area (Å²) in [6.45, 7) is 6.83. The predicted molar refractivity (Wildman–Crippen MR) is 65.8 cm³/mol. The summed E-state index contributed by atoms with van der Waals surface area (Å²) in [7, 11) is 0. The van der Waals surface area contributed by atoms with E-state index in [4.69, 9.17) is 9.84 Å². The van der Waals surface area contributed by atoms with Crippen molar-refractivity contribution < 1.29 is 19.4 Å². The van der Waals surface area contributed by atoms with Crippen LogP contribution in [0.4, 0.5) is 10.5 Å². The summed E-state index contributed by atoms with van der Waals surface area (Å²) in [5.41, 5.74) is -0.184. The lowest BCUT2D eigenvalue weighted by Crippen LogP contribution is -2.28. The van der Waals surface area contributed by atoms with Gasteiger partial charge in [-0.05, 0) is 39.8 Å². The maximum Gasteiger partial charge on any atom is 0.412 e. The first-order chi connectivity index (χ1) is 8.19.